The second-order valence-electron chi connectivity index (χ2n) is 8.33. The average Bonchev–Trinajstić information content (AvgIpc) is 3.06. The standard InChI is InChI=1S/C21H28N4O3/c1-14-13-18(24-28-14)23-19(26)15-9-11-25(12-10-15)20(27)22-17-7-5-16(6-8-17)21(2,3)4/h5-8,13,15H,9-12H2,1-4H3,(H,22,27)(H,23,24,26). The van der Waals surface area contributed by atoms with E-state index in [0.29, 0.717) is 37.5 Å². The maximum absolute atomic E-state index is 12.5. The molecule has 1 aromatic heterocycles. The van der Waals surface area contributed by atoms with Gasteiger partial charge in [0.25, 0.3) is 0 Å². The predicted molar refractivity (Wildman–Crippen MR) is 108 cm³/mol. The Morgan fingerprint density at radius 3 is 2.29 bits per heavy atom. The van der Waals surface area contributed by atoms with Crippen LogP contribution >= 0.6 is 0 Å². The highest BCUT2D eigenvalue weighted by molar-refractivity contribution is 5.92. The van der Waals surface area contributed by atoms with Crippen LogP contribution in [0.5, 0.6) is 0 Å². The molecule has 1 aliphatic heterocycles. The number of benzene rings is 1. The Morgan fingerprint density at radius 2 is 1.75 bits per heavy atom. The first-order valence-corrected chi connectivity index (χ1v) is 9.63. The maximum Gasteiger partial charge on any atom is 0.321 e. The van der Waals surface area contributed by atoms with Gasteiger partial charge in [0.1, 0.15) is 5.76 Å². The first-order valence-electron chi connectivity index (χ1n) is 9.63. The molecule has 7 nitrogen and oxygen atoms in total. The van der Waals surface area contributed by atoms with Crippen molar-refractivity contribution in [3.8, 4) is 0 Å². The number of carbonyl (C=O) groups excluding carboxylic acids is 2. The number of aryl methyl sites for hydroxylation is 1. The van der Waals surface area contributed by atoms with Crippen LogP contribution in [0.3, 0.4) is 0 Å². The molecule has 0 saturated carbocycles. The molecule has 3 amide bonds. The zero-order valence-corrected chi connectivity index (χ0v) is 16.9. The molecule has 2 N–H and O–H groups in total. The molecule has 0 aliphatic carbocycles. The Balaban J connectivity index is 1.49. The molecule has 1 aromatic carbocycles. The van der Waals surface area contributed by atoms with E-state index in [2.05, 4.69) is 36.6 Å². The highest BCUT2D eigenvalue weighted by atomic mass is 16.5. The van der Waals surface area contributed by atoms with Crippen LogP contribution in [0.4, 0.5) is 16.3 Å². The number of hydrogen-bond acceptors (Lipinski definition) is 4. The normalized spacial score (nSPS) is 15.4. The van der Waals surface area contributed by atoms with E-state index in [1.54, 1.807) is 17.9 Å². The van der Waals surface area contributed by atoms with Gasteiger partial charge in [0.15, 0.2) is 5.82 Å². The summed E-state index contributed by atoms with van der Waals surface area (Å²) in [6.45, 7) is 9.33. The lowest BCUT2D eigenvalue weighted by atomic mass is 9.87. The van der Waals surface area contributed by atoms with E-state index in [1.807, 2.05) is 24.3 Å². The smallest absolute Gasteiger partial charge is 0.321 e. The molecule has 2 heterocycles. The minimum Gasteiger partial charge on any atom is -0.360 e. The van der Waals surface area contributed by atoms with Gasteiger partial charge >= 0.3 is 6.03 Å². The molecule has 0 radical (unpaired) electrons. The van der Waals surface area contributed by atoms with E-state index in [1.165, 1.54) is 5.56 Å². The van der Waals surface area contributed by atoms with Crippen LogP contribution in [0.2, 0.25) is 0 Å². The molecule has 0 unspecified atom stereocenters. The van der Waals surface area contributed by atoms with E-state index in [0.717, 1.165) is 5.69 Å². The van der Waals surface area contributed by atoms with E-state index >= 15 is 0 Å². The molecule has 7 heteroatoms. The second kappa shape index (κ2) is 8.04. The molecule has 0 atom stereocenters. The Hall–Kier alpha value is -2.83. The van der Waals surface area contributed by atoms with Crippen LogP contribution in [0.15, 0.2) is 34.9 Å². The molecule has 2 aromatic rings. The third-order valence-electron chi connectivity index (χ3n) is 5.03. The minimum absolute atomic E-state index is 0.0777. The number of amides is 3. The third-order valence-corrected chi connectivity index (χ3v) is 5.03. The highest BCUT2D eigenvalue weighted by Crippen LogP contribution is 2.24. The van der Waals surface area contributed by atoms with Gasteiger partial charge in [-0.1, -0.05) is 38.1 Å². The number of likely N-dealkylation sites (tertiary alicyclic amines) is 1. The second-order valence-corrected chi connectivity index (χ2v) is 8.33. The summed E-state index contributed by atoms with van der Waals surface area (Å²) in [7, 11) is 0. The number of aromatic nitrogens is 1. The summed E-state index contributed by atoms with van der Waals surface area (Å²) >= 11 is 0. The molecule has 1 saturated heterocycles. The summed E-state index contributed by atoms with van der Waals surface area (Å²) in [6, 6.07) is 9.49. The first kappa shape index (κ1) is 19.9. The van der Waals surface area contributed by atoms with E-state index in [-0.39, 0.29) is 23.3 Å². The van der Waals surface area contributed by atoms with E-state index in [4.69, 9.17) is 4.52 Å². The fraction of sp³-hybridized carbons (Fsp3) is 0.476. The quantitative estimate of drug-likeness (QED) is 0.832. The molecular weight excluding hydrogens is 356 g/mol. The molecular formula is C21H28N4O3. The Labute approximate surface area is 165 Å². The topological polar surface area (TPSA) is 87.5 Å². The van der Waals surface area contributed by atoms with Crippen molar-refractivity contribution >= 4 is 23.4 Å². The van der Waals surface area contributed by atoms with Crippen molar-refractivity contribution in [3.05, 3.63) is 41.7 Å². The fourth-order valence-electron chi connectivity index (χ4n) is 3.25. The number of piperidine rings is 1. The van der Waals surface area contributed by atoms with Gasteiger partial charge in [-0.25, -0.2) is 4.79 Å². The number of rotatable bonds is 3. The molecule has 28 heavy (non-hydrogen) atoms. The monoisotopic (exact) mass is 384 g/mol. The Bertz CT molecular complexity index is 828. The highest BCUT2D eigenvalue weighted by Gasteiger charge is 2.28. The zero-order chi connectivity index (χ0) is 20.3. The van der Waals surface area contributed by atoms with E-state index < -0.39 is 0 Å². The SMILES string of the molecule is Cc1cc(NC(=O)C2CCN(C(=O)Nc3ccc(C(C)(C)C)cc3)CC2)no1. The van der Waals surface area contributed by atoms with Gasteiger partial charge in [-0.3, -0.25) is 4.79 Å². The molecule has 3 rings (SSSR count). The fourth-order valence-corrected chi connectivity index (χ4v) is 3.25. The van der Waals surface area contributed by atoms with Crippen LogP contribution in [-0.4, -0.2) is 35.1 Å². The maximum atomic E-state index is 12.5. The van der Waals surface area contributed by atoms with Gasteiger partial charge in [0.05, 0.1) is 0 Å². The third kappa shape index (κ3) is 4.91. The zero-order valence-electron chi connectivity index (χ0n) is 16.9. The van der Waals surface area contributed by atoms with Crippen LogP contribution in [0.25, 0.3) is 0 Å². The summed E-state index contributed by atoms with van der Waals surface area (Å²) in [4.78, 5) is 26.6. The van der Waals surface area contributed by atoms with Crippen LogP contribution in [-0.2, 0) is 10.2 Å². The van der Waals surface area contributed by atoms with Gasteiger partial charge in [-0.2, -0.15) is 0 Å². The lowest BCUT2D eigenvalue weighted by Crippen LogP contribution is -2.43. The number of carbonyl (C=O) groups is 2. The van der Waals surface area contributed by atoms with Crippen molar-refractivity contribution in [1.82, 2.24) is 10.1 Å². The number of nitrogens with one attached hydrogen (secondary N) is 2. The summed E-state index contributed by atoms with van der Waals surface area (Å²) in [5, 5.41) is 9.49. The summed E-state index contributed by atoms with van der Waals surface area (Å²) in [5.41, 5.74) is 2.08. The summed E-state index contributed by atoms with van der Waals surface area (Å²) in [5.74, 6) is 0.872. The van der Waals surface area contributed by atoms with Crippen molar-refractivity contribution in [2.75, 3.05) is 23.7 Å². The van der Waals surface area contributed by atoms with Crippen molar-refractivity contribution in [1.29, 1.82) is 0 Å². The molecule has 150 valence electrons. The van der Waals surface area contributed by atoms with Gasteiger partial charge in [-0.05, 0) is 42.9 Å². The van der Waals surface area contributed by atoms with E-state index in [9.17, 15) is 9.59 Å². The van der Waals surface area contributed by atoms with Gasteiger partial charge in [0, 0.05) is 30.8 Å². The van der Waals surface area contributed by atoms with Crippen molar-refractivity contribution < 1.29 is 14.1 Å². The van der Waals surface area contributed by atoms with Gasteiger partial charge in [0.2, 0.25) is 5.91 Å². The molecule has 0 spiro atoms. The number of hydrogen-bond donors (Lipinski definition) is 2. The molecule has 1 fully saturated rings. The van der Waals surface area contributed by atoms with Crippen LogP contribution in [0, 0.1) is 12.8 Å². The van der Waals surface area contributed by atoms with Gasteiger partial charge in [-0.15, -0.1) is 0 Å². The molecule has 1 aliphatic rings. The first-order chi connectivity index (χ1) is 13.2. The molecule has 0 bridgehead atoms. The number of anilines is 2. The van der Waals surface area contributed by atoms with Crippen molar-refractivity contribution in [2.24, 2.45) is 5.92 Å². The largest absolute Gasteiger partial charge is 0.360 e. The van der Waals surface area contributed by atoms with Crippen molar-refractivity contribution in [2.45, 2.75) is 46.0 Å². The lowest BCUT2D eigenvalue weighted by Gasteiger charge is -2.31. The minimum atomic E-state index is -0.132. The number of urea groups is 1. The Kier molecular flexibility index (Phi) is 5.72. The van der Waals surface area contributed by atoms with Gasteiger partial charge < -0.3 is 20.1 Å². The Morgan fingerprint density at radius 1 is 1.11 bits per heavy atom. The summed E-state index contributed by atoms with van der Waals surface area (Å²) in [6.07, 6.45) is 1.25. The number of nitrogens with zero attached hydrogens (tertiary/aromatic N) is 2. The predicted octanol–water partition coefficient (Wildman–Crippen LogP) is 4.16. The van der Waals surface area contributed by atoms with Crippen molar-refractivity contribution in [3.63, 3.8) is 0 Å². The summed E-state index contributed by atoms with van der Waals surface area (Å²) < 4.78 is 4.96. The lowest BCUT2D eigenvalue weighted by molar-refractivity contribution is -0.121. The van der Waals surface area contributed by atoms with Crippen LogP contribution < -0.4 is 10.6 Å². The van der Waals surface area contributed by atoms with Crippen LogP contribution in [0.1, 0.15) is 44.9 Å². The average molecular weight is 384 g/mol.